The molecule has 24 heavy (non-hydrogen) atoms. The monoisotopic (exact) mass is 358 g/mol. The van der Waals surface area contributed by atoms with E-state index in [1.807, 2.05) is 13.8 Å². The molecule has 0 aliphatic carbocycles. The van der Waals surface area contributed by atoms with E-state index >= 15 is 0 Å². The number of methoxy groups -OCH3 is 1. The van der Waals surface area contributed by atoms with Crippen molar-refractivity contribution in [2.75, 3.05) is 37.4 Å². The van der Waals surface area contributed by atoms with Crippen LogP contribution in [0.3, 0.4) is 0 Å². The quantitative estimate of drug-likeness (QED) is 0.639. The molecule has 0 heterocycles. The first-order valence-electron chi connectivity index (χ1n) is 7.74. The van der Waals surface area contributed by atoms with Crippen molar-refractivity contribution < 1.29 is 22.7 Å². The Bertz CT molecular complexity index is 631. The van der Waals surface area contributed by atoms with Crippen molar-refractivity contribution in [3.05, 3.63) is 24.3 Å². The van der Waals surface area contributed by atoms with Crippen LogP contribution in [-0.2, 0) is 19.6 Å². The Hall–Kier alpha value is -1.80. The van der Waals surface area contributed by atoms with Crippen LogP contribution in [0.5, 0.6) is 5.75 Å². The number of carbonyl (C=O) groups is 1. The van der Waals surface area contributed by atoms with Crippen LogP contribution in [0.15, 0.2) is 24.3 Å². The fraction of sp³-hybridized carbons (Fsp3) is 0.562. The summed E-state index contributed by atoms with van der Waals surface area (Å²) in [4.78, 5) is 12.1. The van der Waals surface area contributed by atoms with Gasteiger partial charge in [0, 0.05) is 20.3 Å². The highest BCUT2D eigenvalue weighted by molar-refractivity contribution is 7.92. The third-order valence-corrected chi connectivity index (χ3v) is 4.16. The molecular weight excluding hydrogens is 332 g/mol. The molecule has 136 valence electrons. The predicted molar refractivity (Wildman–Crippen MR) is 93.9 cm³/mol. The summed E-state index contributed by atoms with van der Waals surface area (Å²) in [5.74, 6) is 0.0426. The molecule has 1 N–H and O–H groups in total. The minimum absolute atomic E-state index is 0.115. The SMILES string of the molecule is COCCCNC(=O)CN(c1ccccc1OC(C)C)S(C)(=O)=O. The van der Waals surface area contributed by atoms with Crippen LogP contribution < -0.4 is 14.4 Å². The molecule has 0 bridgehead atoms. The van der Waals surface area contributed by atoms with Gasteiger partial charge in [0.1, 0.15) is 12.3 Å². The van der Waals surface area contributed by atoms with E-state index in [0.29, 0.717) is 31.0 Å². The van der Waals surface area contributed by atoms with Crippen LogP contribution >= 0.6 is 0 Å². The number of hydrogen-bond acceptors (Lipinski definition) is 5. The minimum Gasteiger partial charge on any atom is -0.489 e. The van der Waals surface area contributed by atoms with E-state index in [1.54, 1.807) is 31.4 Å². The second-order valence-electron chi connectivity index (χ2n) is 5.60. The van der Waals surface area contributed by atoms with Crippen molar-refractivity contribution in [1.29, 1.82) is 0 Å². The Labute approximate surface area is 144 Å². The maximum atomic E-state index is 12.2. The molecule has 7 nitrogen and oxygen atoms in total. The summed E-state index contributed by atoms with van der Waals surface area (Å²) in [7, 11) is -2.06. The lowest BCUT2D eigenvalue weighted by atomic mass is 10.3. The molecule has 1 aromatic carbocycles. The molecule has 1 aromatic rings. The van der Waals surface area contributed by atoms with Gasteiger partial charge in [-0.05, 0) is 32.4 Å². The van der Waals surface area contributed by atoms with Gasteiger partial charge in [0.2, 0.25) is 15.9 Å². The standard InChI is InChI=1S/C16H26N2O5S/c1-13(2)23-15-9-6-5-8-14(15)18(24(4,20)21)12-16(19)17-10-7-11-22-3/h5-6,8-9,13H,7,10-12H2,1-4H3,(H,17,19). The lowest BCUT2D eigenvalue weighted by molar-refractivity contribution is -0.119. The number of hydrogen-bond donors (Lipinski definition) is 1. The van der Waals surface area contributed by atoms with Crippen molar-refractivity contribution in [1.82, 2.24) is 5.32 Å². The number of nitrogens with zero attached hydrogens (tertiary/aromatic N) is 1. The number of benzene rings is 1. The molecule has 0 aliphatic rings. The number of para-hydroxylation sites is 2. The fourth-order valence-corrected chi connectivity index (χ4v) is 2.89. The number of sulfonamides is 1. The molecule has 0 saturated heterocycles. The van der Waals surface area contributed by atoms with E-state index in [1.165, 1.54) is 0 Å². The molecule has 0 fully saturated rings. The Balaban J connectivity index is 2.93. The number of nitrogens with one attached hydrogen (secondary N) is 1. The summed E-state index contributed by atoms with van der Waals surface area (Å²) in [6, 6.07) is 6.77. The van der Waals surface area contributed by atoms with Crippen LogP contribution in [-0.4, -0.2) is 53.5 Å². The van der Waals surface area contributed by atoms with Crippen LogP contribution in [0.25, 0.3) is 0 Å². The van der Waals surface area contributed by atoms with Crippen LogP contribution in [0, 0.1) is 0 Å². The maximum Gasteiger partial charge on any atom is 0.240 e. The Morgan fingerprint density at radius 1 is 1.29 bits per heavy atom. The summed E-state index contributed by atoms with van der Waals surface area (Å²) in [6.45, 7) is 4.36. The summed E-state index contributed by atoms with van der Waals surface area (Å²) >= 11 is 0. The van der Waals surface area contributed by atoms with Crippen LogP contribution in [0.1, 0.15) is 20.3 Å². The fourth-order valence-electron chi connectivity index (χ4n) is 2.03. The Morgan fingerprint density at radius 2 is 1.96 bits per heavy atom. The maximum absolute atomic E-state index is 12.2. The summed E-state index contributed by atoms with van der Waals surface area (Å²) < 4.78 is 35.9. The van der Waals surface area contributed by atoms with E-state index < -0.39 is 10.0 Å². The van der Waals surface area contributed by atoms with E-state index in [-0.39, 0.29) is 18.6 Å². The largest absolute Gasteiger partial charge is 0.489 e. The lowest BCUT2D eigenvalue weighted by Crippen LogP contribution is -2.41. The van der Waals surface area contributed by atoms with Crippen molar-refractivity contribution in [3.63, 3.8) is 0 Å². The van der Waals surface area contributed by atoms with E-state index in [0.717, 1.165) is 10.6 Å². The normalized spacial score (nSPS) is 11.4. The van der Waals surface area contributed by atoms with Gasteiger partial charge < -0.3 is 14.8 Å². The van der Waals surface area contributed by atoms with Crippen molar-refractivity contribution >= 4 is 21.6 Å². The number of rotatable bonds is 10. The van der Waals surface area contributed by atoms with Gasteiger partial charge in [-0.25, -0.2) is 8.42 Å². The zero-order valence-electron chi connectivity index (χ0n) is 14.6. The molecule has 0 unspecified atom stereocenters. The molecule has 0 aliphatic heterocycles. The second-order valence-corrected chi connectivity index (χ2v) is 7.51. The number of carbonyl (C=O) groups excluding carboxylic acids is 1. The summed E-state index contributed by atoms with van der Waals surface area (Å²) in [5, 5.41) is 2.68. The van der Waals surface area contributed by atoms with Crippen LogP contribution in [0.4, 0.5) is 5.69 Å². The lowest BCUT2D eigenvalue weighted by Gasteiger charge is -2.25. The second kappa shape index (κ2) is 9.48. The van der Waals surface area contributed by atoms with Gasteiger partial charge in [0.15, 0.2) is 0 Å². The highest BCUT2D eigenvalue weighted by atomic mass is 32.2. The molecule has 1 rings (SSSR count). The van der Waals surface area contributed by atoms with E-state index in [4.69, 9.17) is 9.47 Å². The zero-order valence-corrected chi connectivity index (χ0v) is 15.4. The molecule has 0 saturated carbocycles. The highest BCUT2D eigenvalue weighted by Crippen LogP contribution is 2.30. The molecular formula is C16H26N2O5S. The zero-order chi connectivity index (χ0) is 18.2. The van der Waals surface area contributed by atoms with Gasteiger partial charge in [-0.3, -0.25) is 9.10 Å². The summed E-state index contributed by atoms with van der Waals surface area (Å²) in [6.07, 6.45) is 1.61. The highest BCUT2D eigenvalue weighted by Gasteiger charge is 2.24. The number of ether oxygens (including phenoxy) is 2. The first-order valence-corrected chi connectivity index (χ1v) is 9.59. The molecule has 0 atom stereocenters. The summed E-state index contributed by atoms with van der Waals surface area (Å²) in [5.41, 5.74) is 0.348. The number of amides is 1. The van der Waals surface area contributed by atoms with E-state index in [2.05, 4.69) is 5.32 Å². The third kappa shape index (κ3) is 6.76. The van der Waals surface area contributed by atoms with Crippen molar-refractivity contribution in [2.45, 2.75) is 26.4 Å². The average molecular weight is 358 g/mol. The van der Waals surface area contributed by atoms with Gasteiger partial charge >= 0.3 is 0 Å². The molecule has 0 aromatic heterocycles. The van der Waals surface area contributed by atoms with Crippen molar-refractivity contribution in [3.8, 4) is 5.75 Å². The van der Waals surface area contributed by atoms with E-state index in [9.17, 15) is 13.2 Å². The van der Waals surface area contributed by atoms with Crippen molar-refractivity contribution in [2.24, 2.45) is 0 Å². The van der Waals surface area contributed by atoms with Gasteiger partial charge in [-0.15, -0.1) is 0 Å². The van der Waals surface area contributed by atoms with Gasteiger partial charge in [-0.2, -0.15) is 0 Å². The molecule has 0 spiro atoms. The molecule has 0 radical (unpaired) electrons. The Morgan fingerprint density at radius 3 is 2.54 bits per heavy atom. The molecule has 1 amide bonds. The number of anilines is 1. The van der Waals surface area contributed by atoms with Gasteiger partial charge in [0.05, 0.1) is 18.0 Å². The van der Waals surface area contributed by atoms with Crippen LogP contribution in [0.2, 0.25) is 0 Å². The van der Waals surface area contributed by atoms with Gasteiger partial charge in [0.25, 0.3) is 0 Å². The Kier molecular flexibility index (Phi) is 8.00. The smallest absolute Gasteiger partial charge is 0.240 e. The minimum atomic E-state index is -3.64. The topological polar surface area (TPSA) is 84.9 Å². The first-order chi connectivity index (χ1) is 11.3. The first kappa shape index (κ1) is 20.2. The molecule has 8 heteroatoms. The van der Waals surface area contributed by atoms with Gasteiger partial charge in [-0.1, -0.05) is 12.1 Å². The average Bonchev–Trinajstić information content (AvgIpc) is 2.48. The predicted octanol–water partition coefficient (Wildman–Crippen LogP) is 1.39. The third-order valence-electron chi connectivity index (χ3n) is 3.03.